The number of aromatic nitrogens is 6. The van der Waals surface area contributed by atoms with Crippen LogP contribution in [0.4, 0.5) is 26.3 Å². The first-order chi connectivity index (χ1) is 61.8. The Morgan fingerprint density at radius 1 is 0.515 bits per heavy atom. The standard InChI is InChI=1S/2C48H60F3N5O9S/c2*1-29(2)63-34-15-13-32(14-16-34)38-22-35(24-41(53-38)56-20-10-19-52-56)64-36-23-39-40(57)27-47(44(60)54-66(61,62)46(7)17-18-46)26-33(47)12-9-8-11-30(3)21-31(4)37(43(59)55(39)28-36)25-42(58)65-45(5,6)48(49,50)51/h2*9-10,12-16,19-20,22,24,29-31,33,36-37,39H,8,11,17-18,21,23,25-28H2,1-7H3,(H,54,60)/b2*12-9-/t30-,31+,33+,36+,37-,39-,47+;30-,31-,33-,36-,37+,39+,47-/m01/s1. The van der Waals surface area contributed by atoms with Crippen molar-refractivity contribution >= 4 is 67.2 Å². The number of hydrogen-bond donors (Lipinski definition) is 2. The lowest BCUT2D eigenvalue weighted by Crippen LogP contribution is -2.48. The molecule has 8 heterocycles. The number of esters is 2. The van der Waals surface area contributed by atoms with Gasteiger partial charge in [0.15, 0.2) is 23.2 Å². The molecule has 28 nitrogen and oxygen atoms in total. The molecule has 14 rings (SSSR count). The van der Waals surface area contributed by atoms with Gasteiger partial charge in [-0.05, 0) is 242 Å². The third-order valence-electron chi connectivity index (χ3n) is 27.2. The van der Waals surface area contributed by atoms with Crippen molar-refractivity contribution in [2.45, 2.75) is 282 Å². The van der Waals surface area contributed by atoms with Crippen LogP contribution in [-0.2, 0) is 67.9 Å². The van der Waals surface area contributed by atoms with E-state index in [4.69, 9.17) is 38.4 Å². The van der Waals surface area contributed by atoms with Gasteiger partial charge in [-0.2, -0.15) is 36.5 Å². The number of nitrogens with zero attached hydrogens (tertiary/aromatic N) is 8. The second kappa shape index (κ2) is 38.5. The molecule has 716 valence electrons. The van der Waals surface area contributed by atoms with Crippen molar-refractivity contribution in [2.75, 3.05) is 13.1 Å². The van der Waals surface area contributed by atoms with E-state index in [1.165, 1.54) is 9.80 Å². The van der Waals surface area contributed by atoms with Crippen molar-refractivity contribution < 1.29 is 110 Å². The fourth-order valence-corrected chi connectivity index (χ4v) is 20.8. The Kier molecular flexibility index (Phi) is 28.8. The van der Waals surface area contributed by atoms with Crippen molar-refractivity contribution in [3.05, 3.63) is 134 Å². The van der Waals surface area contributed by atoms with Gasteiger partial charge in [0.2, 0.25) is 54.9 Å². The van der Waals surface area contributed by atoms with E-state index >= 15 is 9.59 Å². The average Bonchev–Trinajstić information content (AvgIpc) is 1.56. The molecule has 4 saturated carbocycles. The molecule has 36 heteroatoms. The molecule has 0 unspecified atom stereocenters. The van der Waals surface area contributed by atoms with Crippen LogP contribution in [0.2, 0.25) is 0 Å². The zero-order valence-electron chi connectivity index (χ0n) is 76.9. The summed E-state index contributed by atoms with van der Waals surface area (Å²) in [6.07, 6.45) is 5.79. The summed E-state index contributed by atoms with van der Waals surface area (Å²) in [4.78, 5) is 127. The molecule has 4 aliphatic carbocycles. The number of rotatable bonds is 24. The molecule has 6 aromatic rings. The molecule has 6 fully saturated rings. The Labute approximate surface area is 766 Å². The van der Waals surface area contributed by atoms with Gasteiger partial charge < -0.3 is 38.2 Å². The van der Waals surface area contributed by atoms with Crippen LogP contribution in [0.3, 0.4) is 0 Å². The number of Topliss-reactive ketones (excluding diaryl/α,β-unsaturated/α-hetero) is 2. The molecule has 0 spiro atoms. The third kappa shape index (κ3) is 22.8. The predicted octanol–water partition coefficient (Wildman–Crippen LogP) is 15.9. The summed E-state index contributed by atoms with van der Waals surface area (Å²) in [6.45, 7) is 21.0. The maximum Gasteiger partial charge on any atom is 0.427 e. The number of alkyl halides is 6. The molecular formula is C96H120F6N10O18S2. The van der Waals surface area contributed by atoms with Gasteiger partial charge in [-0.15, -0.1) is 0 Å². The number of pyridine rings is 2. The van der Waals surface area contributed by atoms with Gasteiger partial charge in [-0.3, -0.25) is 47.8 Å². The molecule has 0 radical (unpaired) electrons. The lowest BCUT2D eigenvalue weighted by molar-refractivity contribution is -0.257. The van der Waals surface area contributed by atoms with Gasteiger partial charge in [0.05, 0.1) is 93.8 Å². The zero-order valence-corrected chi connectivity index (χ0v) is 78.6. The molecule has 8 aliphatic rings. The second-order valence-corrected chi connectivity index (χ2v) is 44.0. The number of ether oxygens (including phenoxy) is 6. The van der Waals surface area contributed by atoms with Crippen LogP contribution >= 0.6 is 0 Å². The molecule has 2 N–H and O–H groups in total. The Balaban J connectivity index is 0.000000224. The van der Waals surface area contributed by atoms with Crippen molar-refractivity contribution in [2.24, 2.45) is 58.2 Å². The van der Waals surface area contributed by atoms with Crippen molar-refractivity contribution in [1.82, 2.24) is 48.8 Å². The largest absolute Gasteiger partial charge is 0.491 e. The number of nitrogens with one attached hydrogen (secondary N) is 2. The quantitative estimate of drug-likeness (QED) is 0.0323. The van der Waals surface area contributed by atoms with E-state index in [0.29, 0.717) is 110 Å². The number of benzene rings is 2. The number of carbonyl (C=O) groups excluding carboxylic acids is 8. The Morgan fingerprint density at radius 3 is 1.19 bits per heavy atom. The second-order valence-electron chi connectivity index (χ2n) is 39.6. The summed E-state index contributed by atoms with van der Waals surface area (Å²) in [5.41, 5.74) is -5.96. The van der Waals surface area contributed by atoms with Gasteiger partial charge in [-0.1, -0.05) is 52.0 Å². The highest BCUT2D eigenvalue weighted by atomic mass is 32.2. The number of allylic oxidation sites excluding steroid dienone is 4. The monoisotopic (exact) mass is 1880 g/mol. The fourth-order valence-electron chi connectivity index (χ4n) is 18.1. The van der Waals surface area contributed by atoms with Crippen molar-refractivity contribution in [3.8, 4) is 57.1 Å². The van der Waals surface area contributed by atoms with Gasteiger partial charge in [0, 0.05) is 85.9 Å². The first-order valence-corrected chi connectivity index (χ1v) is 48.4. The first kappa shape index (κ1) is 99.0. The molecule has 132 heavy (non-hydrogen) atoms. The fraction of sp³-hybridized carbons (Fsp3) is 0.583. The topological polar surface area (TPSA) is 352 Å². The normalized spacial score (nSPS) is 27.5. The Bertz CT molecular complexity index is 5210. The lowest BCUT2D eigenvalue weighted by Gasteiger charge is -2.33. The average molecular weight is 1880 g/mol. The van der Waals surface area contributed by atoms with E-state index in [1.807, 2.05) is 114 Å². The minimum absolute atomic E-state index is 0.000272. The maximum absolute atomic E-state index is 15.1. The highest BCUT2D eigenvalue weighted by Gasteiger charge is 2.65. The minimum atomic E-state index is -4.88. The van der Waals surface area contributed by atoms with Crippen LogP contribution < -0.4 is 28.4 Å². The van der Waals surface area contributed by atoms with Crippen LogP contribution in [0.25, 0.3) is 34.2 Å². The zero-order chi connectivity index (χ0) is 96.0. The summed E-state index contributed by atoms with van der Waals surface area (Å²) < 4.78 is 177. The summed E-state index contributed by atoms with van der Waals surface area (Å²) in [7, 11) is -8.11. The van der Waals surface area contributed by atoms with Crippen LogP contribution in [0.5, 0.6) is 23.0 Å². The highest BCUT2D eigenvalue weighted by molar-refractivity contribution is 7.92. The molecule has 4 aromatic heterocycles. The van der Waals surface area contributed by atoms with E-state index in [0.717, 1.165) is 38.8 Å². The minimum Gasteiger partial charge on any atom is -0.491 e. The highest BCUT2D eigenvalue weighted by Crippen LogP contribution is 2.60. The molecule has 4 amide bonds. The van der Waals surface area contributed by atoms with Crippen molar-refractivity contribution in [1.29, 1.82) is 0 Å². The molecule has 2 aromatic carbocycles. The number of carbonyl (C=O) groups is 8. The Hall–Kier alpha value is -10.5. The molecule has 4 aliphatic heterocycles. The third-order valence-corrected chi connectivity index (χ3v) is 31.5. The van der Waals surface area contributed by atoms with Crippen LogP contribution in [-0.4, -0.2) is 186 Å². The molecular weight excluding hydrogens is 1760 g/mol. The summed E-state index contributed by atoms with van der Waals surface area (Å²) >= 11 is 0. The number of ketones is 2. The number of hydrogen-bond acceptors (Lipinski definition) is 22. The number of halogens is 6. The number of amides is 4. The van der Waals surface area contributed by atoms with E-state index < -0.39 is 184 Å². The number of fused-ring (bicyclic) bond motifs is 4. The maximum atomic E-state index is 15.1. The van der Waals surface area contributed by atoms with Gasteiger partial charge >= 0.3 is 24.3 Å². The van der Waals surface area contributed by atoms with Crippen molar-refractivity contribution in [3.63, 3.8) is 0 Å². The van der Waals surface area contributed by atoms with E-state index in [9.17, 15) is 71.9 Å². The molecule has 0 bridgehead atoms. The van der Waals surface area contributed by atoms with Crippen LogP contribution in [0.15, 0.2) is 134 Å². The lowest BCUT2D eigenvalue weighted by atomic mass is 9.82. The first-order valence-electron chi connectivity index (χ1n) is 45.4. The van der Waals surface area contributed by atoms with E-state index in [1.54, 1.807) is 98.2 Å². The van der Waals surface area contributed by atoms with Gasteiger partial charge in [-0.25, -0.2) is 36.2 Å². The summed E-state index contributed by atoms with van der Waals surface area (Å²) in [6, 6.07) is 22.6. The SMILES string of the molecule is CC(C)Oc1ccc(-c2cc(O[C@@H]3C[C@H]4C(=O)C[C@]5(C(=O)NS(=O)(=O)C6(C)CC6)C[C@H]5/C=C\CC[C@@H](C)C[C@@H](C)[C@H](CC(=O)OC(C)(C)C(F)(F)F)C(=O)N4C3)cc(-n3cccn3)n2)cc1.CC(C)Oc1ccc(-c2cc(O[C@@H]3C[C@H]4C(=O)C[C@]5(C(=O)NS(=O)(=O)C6(C)CC6)C[C@H]5/C=C\CC[C@H](C)C[C@@H](C)[C@H](CC(=O)OC(C)(C)C(F)(F)F)C(=O)N4C3)cc(-n3cccn3)n2)cc1. The number of sulfonamides is 2. The van der Waals surface area contributed by atoms with Crippen LogP contribution in [0, 0.1) is 58.2 Å². The molecule has 14 atom stereocenters. The van der Waals surface area contributed by atoms with Gasteiger partial charge in [0.1, 0.15) is 35.2 Å². The van der Waals surface area contributed by atoms with Crippen LogP contribution in [0.1, 0.15) is 213 Å². The van der Waals surface area contributed by atoms with E-state index in [2.05, 4.69) is 19.6 Å². The predicted molar refractivity (Wildman–Crippen MR) is 475 cm³/mol. The Morgan fingerprint density at radius 2 is 0.871 bits per heavy atom. The van der Waals surface area contributed by atoms with E-state index in [-0.39, 0.29) is 75.7 Å². The summed E-state index contributed by atoms with van der Waals surface area (Å²) in [5, 5.41) is 8.70. The molecule has 2 saturated heterocycles. The summed E-state index contributed by atoms with van der Waals surface area (Å²) in [5.74, 6) is -7.78. The van der Waals surface area contributed by atoms with Gasteiger partial charge in [0.25, 0.3) is 0 Å². The smallest absolute Gasteiger partial charge is 0.427 e.